The van der Waals surface area contributed by atoms with Gasteiger partial charge in [0.1, 0.15) is 5.69 Å². The van der Waals surface area contributed by atoms with E-state index >= 15 is 0 Å². The lowest BCUT2D eigenvalue weighted by atomic mass is 10.1. The zero-order valence-corrected chi connectivity index (χ0v) is 21.2. The second-order valence-corrected chi connectivity index (χ2v) is 10.9. The van der Waals surface area contributed by atoms with Gasteiger partial charge in [0.2, 0.25) is 0 Å². The Morgan fingerprint density at radius 3 is 2.29 bits per heavy atom. The van der Waals surface area contributed by atoms with Crippen LogP contribution in [0, 0.1) is 13.8 Å². The van der Waals surface area contributed by atoms with Gasteiger partial charge in [0, 0.05) is 18.7 Å². The fourth-order valence-corrected chi connectivity index (χ4v) is 5.72. The number of rotatable bonds is 6. The Morgan fingerprint density at radius 2 is 1.63 bits per heavy atom. The van der Waals surface area contributed by atoms with Gasteiger partial charge in [-0.1, -0.05) is 49.9 Å². The van der Waals surface area contributed by atoms with Gasteiger partial charge in [0.25, 0.3) is 21.5 Å². The molecule has 0 aliphatic heterocycles. The fourth-order valence-electron chi connectivity index (χ4n) is 4.58. The first-order valence-corrected chi connectivity index (χ1v) is 13.5. The van der Waals surface area contributed by atoms with Crippen molar-refractivity contribution in [2.24, 2.45) is 7.05 Å². The van der Waals surface area contributed by atoms with Crippen molar-refractivity contribution in [3.63, 3.8) is 0 Å². The second-order valence-electron chi connectivity index (χ2n) is 9.18. The van der Waals surface area contributed by atoms with Crippen LogP contribution < -0.4 is 15.6 Å². The maximum atomic E-state index is 13.3. The molecule has 1 aliphatic rings. The van der Waals surface area contributed by atoms with Gasteiger partial charge in [-0.15, -0.1) is 0 Å². The van der Waals surface area contributed by atoms with Crippen LogP contribution in [-0.4, -0.2) is 29.7 Å². The zero-order valence-electron chi connectivity index (χ0n) is 20.4. The second kappa shape index (κ2) is 10.1. The topological polar surface area (TPSA) is 102 Å². The molecule has 0 unspecified atom stereocenters. The molecule has 0 spiro atoms. The average Bonchev–Trinajstić information content (AvgIpc) is 3.01. The van der Waals surface area contributed by atoms with E-state index in [1.807, 2.05) is 18.2 Å². The van der Waals surface area contributed by atoms with Crippen LogP contribution in [0.4, 0.5) is 5.69 Å². The summed E-state index contributed by atoms with van der Waals surface area (Å²) < 4.78 is 32.1. The van der Waals surface area contributed by atoms with Crippen LogP contribution in [0.15, 0.2) is 58.2 Å². The van der Waals surface area contributed by atoms with E-state index < -0.39 is 15.6 Å². The minimum absolute atomic E-state index is 0.0265. The predicted molar refractivity (Wildman–Crippen MR) is 137 cm³/mol. The molecule has 1 saturated carbocycles. The minimum atomic E-state index is -4.11. The Kier molecular flexibility index (Phi) is 7.16. The molecule has 2 N–H and O–H groups in total. The van der Waals surface area contributed by atoms with Gasteiger partial charge in [-0.05, 0) is 56.5 Å². The number of amides is 1. The standard InChI is InChI=1S/C26H32N4O4S/c1-18-15-16-22(17-23(18)25(31)27-20-11-7-4-5-8-12-20)35(33,34)28-24-19(2)29(3)30(26(24)32)21-13-9-6-10-14-21/h6,9-10,13-17,20,28H,4-5,7-8,11-12H2,1-3H3,(H,27,31). The van der Waals surface area contributed by atoms with Crippen molar-refractivity contribution in [2.45, 2.75) is 63.3 Å². The van der Waals surface area contributed by atoms with E-state index in [9.17, 15) is 18.0 Å². The summed E-state index contributed by atoms with van der Waals surface area (Å²) >= 11 is 0. The highest BCUT2D eigenvalue weighted by molar-refractivity contribution is 7.92. The number of nitrogens with zero attached hydrogens (tertiary/aromatic N) is 2. The SMILES string of the molecule is Cc1ccc(S(=O)(=O)Nc2c(C)n(C)n(-c3ccccc3)c2=O)cc1C(=O)NC1CCCCCC1. The molecule has 4 rings (SSSR count). The number of nitrogens with one attached hydrogen (secondary N) is 2. The number of para-hydroxylation sites is 1. The molecule has 1 fully saturated rings. The molecular weight excluding hydrogens is 464 g/mol. The molecular formula is C26H32N4O4S. The zero-order chi connectivity index (χ0) is 25.2. The van der Waals surface area contributed by atoms with Crippen molar-refractivity contribution < 1.29 is 13.2 Å². The van der Waals surface area contributed by atoms with Gasteiger partial charge in [0.15, 0.2) is 0 Å². The monoisotopic (exact) mass is 496 g/mol. The summed E-state index contributed by atoms with van der Waals surface area (Å²) in [7, 11) is -2.41. The molecule has 9 heteroatoms. The van der Waals surface area contributed by atoms with Crippen LogP contribution in [0.3, 0.4) is 0 Å². The number of carbonyl (C=O) groups excluding carboxylic acids is 1. The summed E-state index contributed by atoms with van der Waals surface area (Å²) in [6.07, 6.45) is 6.39. The molecule has 2 aromatic carbocycles. The Labute approximate surface area is 206 Å². The largest absolute Gasteiger partial charge is 0.349 e. The van der Waals surface area contributed by atoms with Gasteiger partial charge in [0.05, 0.1) is 16.3 Å². The molecule has 35 heavy (non-hydrogen) atoms. The van der Waals surface area contributed by atoms with E-state index in [4.69, 9.17) is 0 Å². The van der Waals surface area contributed by atoms with Crippen LogP contribution in [0.25, 0.3) is 5.69 Å². The van der Waals surface area contributed by atoms with Crippen LogP contribution in [-0.2, 0) is 17.1 Å². The molecule has 0 bridgehead atoms. The molecule has 0 atom stereocenters. The van der Waals surface area contributed by atoms with Crippen molar-refractivity contribution in [3.8, 4) is 5.69 Å². The third kappa shape index (κ3) is 5.19. The maximum Gasteiger partial charge on any atom is 0.296 e. The average molecular weight is 497 g/mol. The third-order valence-electron chi connectivity index (χ3n) is 6.74. The van der Waals surface area contributed by atoms with E-state index in [-0.39, 0.29) is 22.5 Å². The number of benzene rings is 2. The lowest BCUT2D eigenvalue weighted by Gasteiger charge is -2.17. The van der Waals surface area contributed by atoms with Crippen LogP contribution in [0.2, 0.25) is 0 Å². The van der Waals surface area contributed by atoms with Crippen molar-refractivity contribution in [2.75, 3.05) is 4.72 Å². The van der Waals surface area contributed by atoms with Crippen molar-refractivity contribution in [1.82, 2.24) is 14.7 Å². The predicted octanol–water partition coefficient (Wildman–Crippen LogP) is 4.05. The lowest BCUT2D eigenvalue weighted by molar-refractivity contribution is 0.0932. The van der Waals surface area contributed by atoms with E-state index in [1.165, 1.54) is 29.7 Å². The lowest BCUT2D eigenvalue weighted by Crippen LogP contribution is -2.35. The first-order valence-electron chi connectivity index (χ1n) is 12.0. The van der Waals surface area contributed by atoms with Crippen LogP contribution >= 0.6 is 0 Å². The number of aromatic nitrogens is 2. The number of hydrogen-bond donors (Lipinski definition) is 2. The highest BCUT2D eigenvalue weighted by atomic mass is 32.2. The Bertz CT molecular complexity index is 1380. The van der Waals surface area contributed by atoms with Gasteiger partial charge in [-0.3, -0.25) is 19.0 Å². The summed E-state index contributed by atoms with van der Waals surface area (Å²) in [5, 5.41) is 3.08. The Morgan fingerprint density at radius 1 is 0.971 bits per heavy atom. The number of anilines is 1. The number of hydrogen-bond acceptors (Lipinski definition) is 4. The summed E-state index contributed by atoms with van der Waals surface area (Å²) in [5.74, 6) is -0.270. The third-order valence-corrected chi connectivity index (χ3v) is 8.09. The van der Waals surface area contributed by atoms with E-state index in [0.29, 0.717) is 22.5 Å². The molecule has 1 heterocycles. The molecule has 0 saturated heterocycles. The minimum Gasteiger partial charge on any atom is -0.349 e. The molecule has 0 radical (unpaired) electrons. The molecule has 1 aromatic heterocycles. The molecule has 3 aromatic rings. The summed E-state index contributed by atoms with van der Waals surface area (Å²) in [5.41, 5.74) is 1.61. The first-order chi connectivity index (χ1) is 16.7. The van der Waals surface area contributed by atoms with Gasteiger partial charge < -0.3 is 5.32 Å². The number of aryl methyl sites for hydroxylation is 1. The van der Waals surface area contributed by atoms with Crippen LogP contribution in [0.5, 0.6) is 0 Å². The van der Waals surface area contributed by atoms with Gasteiger partial charge in [-0.25, -0.2) is 13.1 Å². The van der Waals surface area contributed by atoms with Crippen molar-refractivity contribution in [3.05, 3.63) is 75.7 Å². The first kappa shape index (κ1) is 24.8. The van der Waals surface area contributed by atoms with E-state index in [0.717, 1.165) is 25.7 Å². The summed E-state index contributed by atoms with van der Waals surface area (Å²) in [6.45, 7) is 3.46. The Balaban J connectivity index is 1.63. The molecule has 1 amide bonds. The van der Waals surface area contributed by atoms with Crippen molar-refractivity contribution >= 4 is 21.6 Å². The normalized spacial score (nSPS) is 14.9. The van der Waals surface area contributed by atoms with E-state index in [2.05, 4.69) is 10.0 Å². The highest BCUT2D eigenvalue weighted by Crippen LogP contribution is 2.22. The molecule has 8 nitrogen and oxygen atoms in total. The van der Waals surface area contributed by atoms with E-state index in [1.54, 1.807) is 43.8 Å². The summed E-state index contributed by atoms with van der Waals surface area (Å²) in [4.78, 5) is 26.1. The van der Waals surface area contributed by atoms with Gasteiger partial charge >= 0.3 is 0 Å². The van der Waals surface area contributed by atoms with Crippen LogP contribution in [0.1, 0.15) is 60.1 Å². The number of carbonyl (C=O) groups is 1. The maximum absolute atomic E-state index is 13.3. The molecule has 1 aliphatic carbocycles. The Hall–Kier alpha value is -3.33. The van der Waals surface area contributed by atoms with Crippen molar-refractivity contribution in [1.29, 1.82) is 0 Å². The molecule has 186 valence electrons. The number of sulfonamides is 1. The smallest absolute Gasteiger partial charge is 0.296 e. The summed E-state index contributed by atoms with van der Waals surface area (Å²) in [6, 6.07) is 13.6. The highest BCUT2D eigenvalue weighted by Gasteiger charge is 2.24. The fraction of sp³-hybridized carbons (Fsp3) is 0.385. The van der Waals surface area contributed by atoms with Gasteiger partial charge in [-0.2, -0.15) is 0 Å². The quantitative estimate of drug-likeness (QED) is 0.503.